The van der Waals surface area contributed by atoms with Gasteiger partial charge in [-0.2, -0.15) is 0 Å². The molecule has 0 fully saturated rings. The van der Waals surface area contributed by atoms with Gasteiger partial charge in [0.2, 0.25) is 0 Å². The second-order valence-corrected chi connectivity index (χ2v) is 5.17. The van der Waals surface area contributed by atoms with Crippen LogP contribution in [-0.2, 0) is 0 Å². The normalized spacial score (nSPS) is 11.1. The third kappa shape index (κ3) is 4.66. The van der Waals surface area contributed by atoms with E-state index in [1.54, 1.807) is 6.07 Å². The van der Waals surface area contributed by atoms with Crippen molar-refractivity contribution in [1.29, 1.82) is 0 Å². The standard InChI is InChI=1S/C13H19BrN2O2/c1-3-13(18,4-2)9-15-12(17)16-11-7-5-6-10(14)8-11/h5-8,18H,3-4,9H2,1-2H3,(H2,15,16,17). The molecule has 0 bridgehead atoms. The Kier molecular flexibility index (Phi) is 5.62. The van der Waals surface area contributed by atoms with E-state index in [9.17, 15) is 9.90 Å². The Balaban J connectivity index is 2.47. The molecule has 5 heteroatoms. The van der Waals surface area contributed by atoms with Gasteiger partial charge < -0.3 is 15.7 Å². The van der Waals surface area contributed by atoms with E-state index < -0.39 is 5.60 Å². The zero-order valence-electron chi connectivity index (χ0n) is 10.7. The van der Waals surface area contributed by atoms with Crippen LogP contribution in [0, 0.1) is 0 Å². The summed E-state index contributed by atoms with van der Waals surface area (Å²) in [5, 5.41) is 15.4. The maximum absolute atomic E-state index is 11.7. The summed E-state index contributed by atoms with van der Waals surface area (Å²) in [5.41, 5.74) is -0.118. The molecular formula is C13H19BrN2O2. The smallest absolute Gasteiger partial charge is 0.319 e. The van der Waals surface area contributed by atoms with Crippen LogP contribution in [0.4, 0.5) is 10.5 Å². The van der Waals surface area contributed by atoms with Gasteiger partial charge in [0, 0.05) is 16.7 Å². The van der Waals surface area contributed by atoms with E-state index in [1.165, 1.54) is 0 Å². The Morgan fingerprint density at radius 1 is 1.39 bits per heavy atom. The second kappa shape index (κ2) is 6.75. The van der Waals surface area contributed by atoms with E-state index in [1.807, 2.05) is 32.0 Å². The molecule has 100 valence electrons. The van der Waals surface area contributed by atoms with Crippen LogP contribution >= 0.6 is 15.9 Å². The highest BCUT2D eigenvalue weighted by Crippen LogP contribution is 2.16. The number of urea groups is 1. The Hall–Kier alpha value is -1.07. The largest absolute Gasteiger partial charge is 0.388 e. The van der Waals surface area contributed by atoms with Gasteiger partial charge in [-0.05, 0) is 31.0 Å². The number of anilines is 1. The molecule has 0 aromatic heterocycles. The molecule has 0 radical (unpaired) electrons. The molecule has 0 saturated heterocycles. The molecule has 0 saturated carbocycles. The van der Waals surface area contributed by atoms with E-state index in [0.717, 1.165) is 4.47 Å². The van der Waals surface area contributed by atoms with Crippen molar-refractivity contribution in [2.24, 2.45) is 0 Å². The van der Waals surface area contributed by atoms with Gasteiger partial charge in [0.1, 0.15) is 0 Å². The number of hydrogen-bond donors (Lipinski definition) is 3. The van der Waals surface area contributed by atoms with E-state index >= 15 is 0 Å². The van der Waals surface area contributed by atoms with Gasteiger partial charge in [-0.3, -0.25) is 0 Å². The van der Waals surface area contributed by atoms with Crippen molar-refractivity contribution >= 4 is 27.6 Å². The molecule has 1 rings (SSSR count). The van der Waals surface area contributed by atoms with Gasteiger partial charge in [-0.25, -0.2) is 4.79 Å². The number of nitrogens with one attached hydrogen (secondary N) is 2. The van der Waals surface area contributed by atoms with Gasteiger partial charge in [0.05, 0.1) is 5.60 Å². The Bertz CT molecular complexity index is 406. The van der Waals surface area contributed by atoms with E-state index in [2.05, 4.69) is 26.6 Å². The van der Waals surface area contributed by atoms with Crippen molar-refractivity contribution < 1.29 is 9.90 Å². The first-order chi connectivity index (χ1) is 8.49. The number of rotatable bonds is 5. The zero-order valence-corrected chi connectivity index (χ0v) is 12.3. The molecule has 0 heterocycles. The maximum Gasteiger partial charge on any atom is 0.319 e. The monoisotopic (exact) mass is 314 g/mol. The lowest BCUT2D eigenvalue weighted by atomic mass is 9.98. The molecule has 18 heavy (non-hydrogen) atoms. The fourth-order valence-electron chi connectivity index (χ4n) is 1.49. The molecule has 1 aromatic rings. The molecule has 0 aliphatic rings. The molecule has 1 aromatic carbocycles. The first-order valence-corrected chi connectivity index (χ1v) is 6.81. The second-order valence-electron chi connectivity index (χ2n) is 4.25. The number of aliphatic hydroxyl groups is 1. The summed E-state index contributed by atoms with van der Waals surface area (Å²) in [7, 11) is 0. The Labute approximate surface area is 116 Å². The van der Waals surface area contributed by atoms with Crippen LogP contribution in [-0.4, -0.2) is 23.3 Å². The predicted molar refractivity (Wildman–Crippen MR) is 76.7 cm³/mol. The van der Waals surface area contributed by atoms with Crippen LogP contribution in [0.3, 0.4) is 0 Å². The first-order valence-electron chi connectivity index (χ1n) is 6.02. The van der Waals surface area contributed by atoms with Crippen LogP contribution in [0.5, 0.6) is 0 Å². The number of carbonyl (C=O) groups is 1. The fraction of sp³-hybridized carbons (Fsp3) is 0.462. The van der Waals surface area contributed by atoms with Crippen LogP contribution in [0.15, 0.2) is 28.7 Å². The van der Waals surface area contributed by atoms with Gasteiger partial charge in [0.25, 0.3) is 0 Å². The maximum atomic E-state index is 11.7. The van der Waals surface area contributed by atoms with Crippen molar-refractivity contribution in [3.05, 3.63) is 28.7 Å². The summed E-state index contributed by atoms with van der Waals surface area (Å²) in [6.07, 6.45) is 1.22. The molecule has 3 N–H and O–H groups in total. The van der Waals surface area contributed by atoms with Crippen molar-refractivity contribution in [3.63, 3.8) is 0 Å². The topological polar surface area (TPSA) is 61.4 Å². The lowest BCUT2D eigenvalue weighted by molar-refractivity contribution is 0.0354. The summed E-state index contributed by atoms with van der Waals surface area (Å²) in [4.78, 5) is 11.7. The van der Waals surface area contributed by atoms with Crippen molar-refractivity contribution in [3.8, 4) is 0 Å². The van der Waals surface area contributed by atoms with Crippen LogP contribution in [0.2, 0.25) is 0 Å². The third-order valence-corrected chi connectivity index (χ3v) is 3.47. The van der Waals surface area contributed by atoms with Crippen LogP contribution < -0.4 is 10.6 Å². The molecule has 0 unspecified atom stereocenters. The average Bonchev–Trinajstić information content (AvgIpc) is 2.36. The lowest BCUT2D eigenvalue weighted by Gasteiger charge is -2.25. The van der Waals surface area contributed by atoms with E-state index in [-0.39, 0.29) is 12.6 Å². The molecular weight excluding hydrogens is 296 g/mol. The molecule has 2 amide bonds. The molecule has 0 spiro atoms. The van der Waals surface area contributed by atoms with Crippen molar-refractivity contribution in [2.75, 3.05) is 11.9 Å². The van der Waals surface area contributed by atoms with Crippen LogP contribution in [0.25, 0.3) is 0 Å². The van der Waals surface area contributed by atoms with Crippen molar-refractivity contribution in [1.82, 2.24) is 5.32 Å². The van der Waals surface area contributed by atoms with Gasteiger partial charge in [-0.15, -0.1) is 0 Å². The Morgan fingerprint density at radius 3 is 2.61 bits per heavy atom. The number of halogens is 1. The van der Waals surface area contributed by atoms with Crippen molar-refractivity contribution in [2.45, 2.75) is 32.3 Å². The fourth-order valence-corrected chi connectivity index (χ4v) is 1.89. The number of carbonyl (C=O) groups excluding carboxylic acids is 1. The first kappa shape index (κ1) is 15.0. The highest BCUT2D eigenvalue weighted by molar-refractivity contribution is 9.10. The molecule has 0 aliphatic heterocycles. The predicted octanol–water partition coefficient (Wildman–Crippen LogP) is 3.12. The summed E-state index contributed by atoms with van der Waals surface area (Å²) in [6.45, 7) is 4.05. The lowest BCUT2D eigenvalue weighted by Crippen LogP contribution is -2.43. The minimum absolute atomic E-state index is 0.250. The number of benzene rings is 1. The van der Waals surface area contributed by atoms with E-state index in [4.69, 9.17) is 0 Å². The summed E-state index contributed by atoms with van der Waals surface area (Å²) >= 11 is 3.33. The van der Waals surface area contributed by atoms with Crippen LogP contribution in [0.1, 0.15) is 26.7 Å². The molecule has 4 nitrogen and oxygen atoms in total. The highest BCUT2D eigenvalue weighted by atomic mass is 79.9. The highest BCUT2D eigenvalue weighted by Gasteiger charge is 2.22. The summed E-state index contributed by atoms with van der Waals surface area (Å²) in [5.74, 6) is 0. The molecule has 0 atom stereocenters. The van der Waals surface area contributed by atoms with Gasteiger partial charge in [-0.1, -0.05) is 35.8 Å². The molecule has 0 aliphatic carbocycles. The quantitative estimate of drug-likeness (QED) is 0.782. The number of hydrogen-bond acceptors (Lipinski definition) is 2. The van der Waals surface area contributed by atoms with Gasteiger partial charge >= 0.3 is 6.03 Å². The van der Waals surface area contributed by atoms with E-state index in [0.29, 0.717) is 18.5 Å². The summed E-state index contributed by atoms with van der Waals surface area (Å²) in [6, 6.07) is 7.03. The number of amides is 2. The Morgan fingerprint density at radius 2 is 2.06 bits per heavy atom. The minimum Gasteiger partial charge on any atom is -0.388 e. The zero-order chi connectivity index (χ0) is 13.6. The van der Waals surface area contributed by atoms with Gasteiger partial charge in [0.15, 0.2) is 0 Å². The summed E-state index contributed by atoms with van der Waals surface area (Å²) < 4.78 is 0.902. The average molecular weight is 315 g/mol. The minimum atomic E-state index is -0.825. The third-order valence-electron chi connectivity index (χ3n) is 2.98. The SMILES string of the molecule is CCC(O)(CC)CNC(=O)Nc1cccc(Br)c1.